The van der Waals surface area contributed by atoms with Gasteiger partial charge in [-0.2, -0.15) is 0 Å². The molecule has 0 heterocycles. The molecule has 0 radical (unpaired) electrons. The molecule has 0 bridgehead atoms. The fourth-order valence-electron chi connectivity index (χ4n) is 1.80. The van der Waals surface area contributed by atoms with Crippen molar-refractivity contribution < 1.29 is 19.1 Å². The average molecular weight is 296 g/mol. The van der Waals surface area contributed by atoms with Gasteiger partial charge in [-0.25, -0.2) is 9.18 Å². The lowest BCUT2D eigenvalue weighted by Gasteiger charge is -2.07. The lowest BCUT2D eigenvalue weighted by molar-refractivity contribution is -0.137. The van der Waals surface area contributed by atoms with Gasteiger partial charge >= 0.3 is 12.0 Å². The number of rotatable bonds is 9. The number of carboxylic acid groups (broad SMARTS) is 1. The van der Waals surface area contributed by atoms with E-state index < -0.39 is 5.97 Å². The van der Waals surface area contributed by atoms with Crippen LogP contribution >= 0.6 is 0 Å². The van der Waals surface area contributed by atoms with Crippen molar-refractivity contribution in [1.29, 1.82) is 0 Å². The molecule has 0 aliphatic carbocycles. The van der Waals surface area contributed by atoms with Gasteiger partial charge in [-0.05, 0) is 30.5 Å². The van der Waals surface area contributed by atoms with E-state index in [0.29, 0.717) is 19.5 Å². The summed E-state index contributed by atoms with van der Waals surface area (Å²) in [5, 5.41) is 13.9. The molecule has 5 nitrogen and oxygen atoms in total. The lowest BCUT2D eigenvalue weighted by atomic mass is 10.1. The Balaban J connectivity index is 2.01. The molecule has 0 unspecified atom stereocenters. The molecule has 1 aromatic carbocycles. The van der Waals surface area contributed by atoms with E-state index in [1.54, 1.807) is 12.1 Å². The molecule has 116 valence electrons. The van der Waals surface area contributed by atoms with Gasteiger partial charge in [-0.15, -0.1) is 0 Å². The van der Waals surface area contributed by atoms with Gasteiger partial charge in [0, 0.05) is 19.5 Å². The third kappa shape index (κ3) is 8.62. The molecule has 0 aliphatic rings. The first-order valence-corrected chi connectivity index (χ1v) is 7.06. The highest BCUT2D eigenvalue weighted by Gasteiger charge is 2.01. The SMILES string of the molecule is O=C(O)CCCCCCNC(=O)NCc1ccc(F)cc1. The zero-order chi connectivity index (χ0) is 15.5. The summed E-state index contributed by atoms with van der Waals surface area (Å²) in [7, 11) is 0. The zero-order valence-electron chi connectivity index (χ0n) is 11.9. The fourth-order valence-corrected chi connectivity index (χ4v) is 1.80. The van der Waals surface area contributed by atoms with Crippen molar-refractivity contribution in [3.05, 3.63) is 35.6 Å². The molecule has 21 heavy (non-hydrogen) atoms. The average Bonchev–Trinajstić information content (AvgIpc) is 2.45. The number of hydrogen-bond acceptors (Lipinski definition) is 2. The Morgan fingerprint density at radius 1 is 1.00 bits per heavy atom. The number of benzene rings is 1. The van der Waals surface area contributed by atoms with Crippen LogP contribution in [0.4, 0.5) is 9.18 Å². The predicted molar refractivity (Wildman–Crippen MR) is 77.4 cm³/mol. The Bertz CT molecular complexity index is 449. The highest BCUT2D eigenvalue weighted by atomic mass is 19.1. The summed E-state index contributed by atoms with van der Waals surface area (Å²) in [6.45, 7) is 0.910. The Hall–Kier alpha value is -2.11. The van der Waals surface area contributed by atoms with Crippen molar-refractivity contribution in [3.63, 3.8) is 0 Å². The molecule has 0 saturated carbocycles. The smallest absolute Gasteiger partial charge is 0.315 e. The van der Waals surface area contributed by atoms with Gasteiger partial charge in [-0.1, -0.05) is 25.0 Å². The van der Waals surface area contributed by atoms with Crippen LogP contribution in [0.5, 0.6) is 0 Å². The summed E-state index contributed by atoms with van der Waals surface area (Å²) in [4.78, 5) is 21.8. The molecule has 0 aromatic heterocycles. The molecule has 0 saturated heterocycles. The van der Waals surface area contributed by atoms with Crippen molar-refractivity contribution in [2.24, 2.45) is 0 Å². The molecule has 0 fully saturated rings. The monoisotopic (exact) mass is 296 g/mol. The van der Waals surface area contributed by atoms with Crippen molar-refractivity contribution >= 4 is 12.0 Å². The minimum absolute atomic E-state index is 0.200. The number of aliphatic carboxylic acids is 1. The van der Waals surface area contributed by atoms with Crippen molar-refractivity contribution in [3.8, 4) is 0 Å². The zero-order valence-corrected chi connectivity index (χ0v) is 11.9. The fraction of sp³-hybridized carbons (Fsp3) is 0.467. The summed E-state index contributed by atoms with van der Waals surface area (Å²) in [6, 6.07) is 5.69. The van der Waals surface area contributed by atoms with Crippen LogP contribution in [0, 0.1) is 5.82 Å². The number of nitrogens with one attached hydrogen (secondary N) is 2. The number of carboxylic acids is 1. The highest BCUT2D eigenvalue weighted by molar-refractivity contribution is 5.73. The van der Waals surface area contributed by atoms with Gasteiger partial charge in [0.1, 0.15) is 5.82 Å². The number of urea groups is 1. The maximum Gasteiger partial charge on any atom is 0.315 e. The molecule has 0 atom stereocenters. The first-order chi connectivity index (χ1) is 10.1. The maximum absolute atomic E-state index is 12.7. The summed E-state index contributed by atoms with van der Waals surface area (Å²) in [5.41, 5.74) is 0.834. The molecule has 1 rings (SSSR count). The predicted octanol–water partition coefficient (Wildman–Crippen LogP) is 2.66. The van der Waals surface area contributed by atoms with E-state index in [0.717, 1.165) is 24.8 Å². The van der Waals surface area contributed by atoms with Crippen molar-refractivity contribution in [1.82, 2.24) is 10.6 Å². The number of halogens is 1. The third-order valence-corrected chi connectivity index (χ3v) is 2.97. The summed E-state index contributed by atoms with van der Waals surface area (Å²) in [5.74, 6) is -1.07. The standard InChI is InChI=1S/C15H21FN2O3/c16-13-8-6-12(7-9-13)11-18-15(21)17-10-4-2-1-3-5-14(19)20/h6-9H,1-5,10-11H2,(H,19,20)(H2,17,18,21). The number of carbonyl (C=O) groups is 2. The van der Waals surface area contributed by atoms with E-state index >= 15 is 0 Å². The second kappa shape index (κ2) is 9.74. The Morgan fingerprint density at radius 3 is 2.33 bits per heavy atom. The van der Waals surface area contributed by atoms with Gasteiger partial charge in [0.15, 0.2) is 0 Å². The van der Waals surface area contributed by atoms with Crippen LogP contribution in [0.1, 0.15) is 37.7 Å². The summed E-state index contributed by atoms with van der Waals surface area (Å²) >= 11 is 0. The van der Waals surface area contributed by atoms with Gasteiger partial charge in [0.25, 0.3) is 0 Å². The molecule has 0 aliphatic heterocycles. The van der Waals surface area contributed by atoms with Crippen LogP contribution < -0.4 is 10.6 Å². The van der Waals surface area contributed by atoms with Crippen LogP contribution in [0.25, 0.3) is 0 Å². The van der Waals surface area contributed by atoms with Crippen molar-refractivity contribution in [2.45, 2.75) is 38.6 Å². The van der Waals surface area contributed by atoms with Crippen LogP contribution in [-0.4, -0.2) is 23.7 Å². The lowest BCUT2D eigenvalue weighted by Crippen LogP contribution is -2.35. The van der Waals surface area contributed by atoms with E-state index in [1.165, 1.54) is 12.1 Å². The highest BCUT2D eigenvalue weighted by Crippen LogP contribution is 2.03. The molecular weight excluding hydrogens is 275 g/mol. The van der Waals surface area contributed by atoms with Crippen molar-refractivity contribution in [2.75, 3.05) is 6.54 Å². The molecular formula is C15H21FN2O3. The minimum atomic E-state index is -0.770. The quantitative estimate of drug-likeness (QED) is 0.613. The van der Waals surface area contributed by atoms with Gasteiger partial charge in [0.2, 0.25) is 0 Å². The van der Waals surface area contributed by atoms with Gasteiger partial charge in [-0.3, -0.25) is 4.79 Å². The summed E-state index contributed by atoms with van der Waals surface area (Å²) in [6.07, 6.45) is 3.44. The van der Waals surface area contributed by atoms with Crippen LogP contribution in [0.2, 0.25) is 0 Å². The Kier molecular flexibility index (Phi) is 7.86. The molecule has 1 aromatic rings. The van der Waals surface area contributed by atoms with E-state index in [2.05, 4.69) is 10.6 Å². The topological polar surface area (TPSA) is 78.4 Å². The van der Waals surface area contributed by atoms with E-state index in [-0.39, 0.29) is 18.3 Å². The van der Waals surface area contributed by atoms with Gasteiger partial charge < -0.3 is 15.7 Å². The minimum Gasteiger partial charge on any atom is -0.481 e. The second-order valence-electron chi connectivity index (χ2n) is 4.79. The molecule has 6 heteroatoms. The Labute approximate surface area is 123 Å². The number of hydrogen-bond donors (Lipinski definition) is 3. The largest absolute Gasteiger partial charge is 0.481 e. The molecule has 3 N–H and O–H groups in total. The number of amides is 2. The van der Waals surface area contributed by atoms with E-state index in [4.69, 9.17) is 5.11 Å². The second-order valence-corrected chi connectivity index (χ2v) is 4.79. The van der Waals surface area contributed by atoms with Crippen LogP contribution in [-0.2, 0) is 11.3 Å². The normalized spacial score (nSPS) is 10.1. The third-order valence-electron chi connectivity index (χ3n) is 2.97. The van der Waals surface area contributed by atoms with Crippen LogP contribution in [0.15, 0.2) is 24.3 Å². The first-order valence-electron chi connectivity index (χ1n) is 7.06. The first kappa shape index (κ1) is 16.9. The molecule has 0 spiro atoms. The van der Waals surface area contributed by atoms with E-state index in [1.807, 2.05) is 0 Å². The van der Waals surface area contributed by atoms with Gasteiger partial charge in [0.05, 0.1) is 0 Å². The molecule has 2 amide bonds. The number of carbonyl (C=O) groups excluding carboxylic acids is 1. The Morgan fingerprint density at radius 2 is 1.67 bits per heavy atom. The van der Waals surface area contributed by atoms with E-state index in [9.17, 15) is 14.0 Å². The maximum atomic E-state index is 12.7. The summed E-state index contributed by atoms with van der Waals surface area (Å²) < 4.78 is 12.7. The number of unbranched alkanes of at least 4 members (excludes halogenated alkanes) is 3. The van der Waals surface area contributed by atoms with Crippen LogP contribution in [0.3, 0.4) is 0 Å².